The van der Waals surface area contributed by atoms with E-state index >= 15 is 0 Å². The number of fused-ring (bicyclic) bond motifs is 3. The molecule has 0 unspecified atom stereocenters. The molecule has 3 aliphatic heterocycles. The zero-order valence-electron chi connectivity index (χ0n) is 16.2. The Morgan fingerprint density at radius 3 is 2.55 bits per heavy atom. The minimum Gasteiger partial charge on any atom is -0.404 e. The second-order valence-corrected chi connectivity index (χ2v) is 7.81. The van der Waals surface area contributed by atoms with Crippen molar-refractivity contribution in [3.05, 3.63) is 59.9 Å². The van der Waals surface area contributed by atoms with Crippen molar-refractivity contribution in [2.24, 2.45) is 4.99 Å². The van der Waals surface area contributed by atoms with Crippen LogP contribution < -0.4 is 5.46 Å². The van der Waals surface area contributed by atoms with Gasteiger partial charge in [0, 0.05) is 6.21 Å². The van der Waals surface area contributed by atoms with Crippen LogP contribution >= 0.6 is 0 Å². The van der Waals surface area contributed by atoms with Gasteiger partial charge in [0.2, 0.25) is 0 Å². The van der Waals surface area contributed by atoms with E-state index in [0.717, 1.165) is 11.0 Å². The van der Waals surface area contributed by atoms with Crippen LogP contribution in [0.25, 0.3) is 0 Å². The molecular weight excluding hydrogens is 376 g/mol. The standard InChI is InChI=1S/C21H21BFNO5/c1-21(2)27-19-18-17(26-20(19)28-21)12-25-22(29-18)14-5-3-13(4-6-14)11-24-16-9-7-15(23)8-10-16/h3-11,17-20H,12H2,1-2H3/t17-,18+,19-,20-/m1/s1. The van der Waals surface area contributed by atoms with E-state index in [-0.39, 0.29) is 24.1 Å². The van der Waals surface area contributed by atoms with Crippen LogP contribution in [-0.4, -0.2) is 50.3 Å². The van der Waals surface area contributed by atoms with Crippen LogP contribution in [-0.2, 0) is 23.5 Å². The highest BCUT2D eigenvalue weighted by molar-refractivity contribution is 6.61. The van der Waals surface area contributed by atoms with E-state index in [2.05, 4.69) is 4.99 Å². The second-order valence-electron chi connectivity index (χ2n) is 7.81. The first-order valence-corrected chi connectivity index (χ1v) is 9.65. The number of halogens is 1. The lowest BCUT2D eigenvalue weighted by atomic mass is 9.76. The van der Waals surface area contributed by atoms with Gasteiger partial charge in [0.15, 0.2) is 12.1 Å². The maximum absolute atomic E-state index is 13.0. The Kier molecular flexibility index (Phi) is 4.76. The summed E-state index contributed by atoms with van der Waals surface area (Å²) in [6.45, 7) is 4.16. The largest absolute Gasteiger partial charge is 0.494 e. The molecule has 0 spiro atoms. The molecule has 0 amide bonds. The summed E-state index contributed by atoms with van der Waals surface area (Å²) >= 11 is 0. The molecule has 3 fully saturated rings. The molecule has 0 aromatic heterocycles. The Hall–Kier alpha value is -2.10. The van der Waals surface area contributed by atoms with Crippen molar-refractivity contribution in [3.8, 4) is 0 Å². The summed E-state index contributed by atoms with van der Waals surface area (Å²) in [5.41, 5.74) is 2.52. The van der Waals surface area contributed by atoms with Gasteiger partial charge in [-0.25, -0.2) is 4.39 Å². The molecule has 4 atom stereocenters. The van der Waals surface area contributed by atoms with Crippen LogP contribution in [0, 0.1) is 5.82 Å². The van der Waals surface area contributed by atoms with E-state index in [1.165, 1.54) is 12.1 Å². The summed E-state index contributed by atoms with van der Waals surface area (Å²) < 4.78 is 42.6. The molecule has 0 radical (unpaired) electrons. The molecule has 2 aromatic carbocycles. The first-order valence-electron chi connectivity index (χ1n) is 9.65. The zero-order valence-corrected chi connectivity index (χ0v) is 16.2. The average molecular weight is 397 g/mol. The van der Waals surface area contributed by atoms with Gasteiger partial charge in [0.25, 0.3) is 0 Å². The Bertz CT molecular complexity index is 904. The van der Waals surface area contributed by atoms with Crippen LogP contribution in [0.15, 0.2) is 53.5 Å². The van der Waals surface area contributed by atoms with Crippen LogP contribution in [0.5, 0.6) is 0 Å². The predicted molar refractivity (Wildman–Crippen MR) is 105 cm³/mol. The Labute approximate surface area is 168 Å². The molecular formula is C21H21BFNO5. The Morgan fingerprint density at radius 1 is 1.03 bits per heavy atom. The third-order valence-corrected chi connectivity index (χ3v) is 5.18. The van der Waals surface area contributed by atoms with Gasteiger partial charge in [-0.3, -0.25) is 4.99 Å². The summed E-state index contributed by atoms with van der Waals surface area (Å²) in [5, 5.41) is 0. The molecule has 6 nitrogen and oxygen atoms in total. The third-order valence-electron chi connectivity index (χ3n) is 5.18. The number of hydrogen-bond acceptors (Lipinski definition) is 6. The Balaban J connectivity index is 1.25. The van der Waals surface area contributed by atoms with Crippen molar-refractivity contribution in [1.82, 2.24) is 0 Å². The van der Waals surface area contributed by atoms with Gasteiger partial charge in [-0.2, -0.15) is 0 Å². The zero-order chi connectivity index (χ0) is 20.0. The lowest BCUT2D eigenvalue weighted by Gasteiger charge is -2.32. The maximum atomic E-state index is 13.0. The van der Waals surface area contributed by atoms with Gasteiger partial charge in [0.1, 0.15) is 24.1 Å². The highest BCUT2D eigenvalue weighted by atomic mass is 19.1. The van der Waals surface area contributed by atoms with E-state index in [4.69, 9.17) is 23.5 Å². The second kappa shape index (κ2) is 7.30. The Morgan fingerprint density at radius 2 is 1.79 bits per heavy atom. The highest BCUT2D eigenvalue weighted by Crippen LogP contribution is 2.40. The van der Waals surface area contributed by atoms with Crippen molar-refractivity contribution in [2.75, 3.05) is 6.61 Å². The van der Waals surface area contributed by atoms with E-state index in [0.29, 0.717) is 12.3 Å². The smallest absolute Gasteiger partial charge is 0.404 e. The molecule has 0 saturated carbocycles. The fourth-order valence-electron chi connectivity index (χ4n) is 3.80. The molecule has 3 saturated heterocycles. The summed E-state index contributed by atoms with van der Waals surface area (Å²) in [6, 6.07) is 13.8. The number of aliphatic imine (C=N–C) groups is 1. The van der Waals surface area contributed by atoms with Gasteiger partial charge in [-0.1, -0.05) is 24.3 Å². The lowest BCUT2D eigenvalue weighted by molar-refractivity contribution is -0.221. The maximum Gasteiger partial charge on any atom is 0.494 e. The fraction of sp³-hybridized carbons (Fsp3) is 0.381. The van der Waals surface area contributed by atoms with Crippen molar-refractivity contribution in [1.29, 1.82) is 0 Å². The predicted octanol–water partition coefficient (Wildman–Crippen LogP) is 2.56. The molecule has 29 heavy (non-hydrogen) atoms. The van der Waals surface area contributed by atoms with E-state index in [1.54, 1.807) is 18.3 Å². The van der Waals surface area contributed by atoms with Crippen LogP contribution in [0.4, 0.5) is 10.1 Å². The summed E-state index contributed by atoms with van der Waals surface area (Å²) in [6.07, 6.45) is 0.618. The van der Waals surface area contributed by atoms with E-state index in [9.17, 15) is 4.39 Å². The molecule has 0 N–H and O–H groups in total. The molecule has 3 aliphatic rings. The van der Waals surface area contributed by atoms with Crippen molar-refractivity contribution >= 4 is 24.5 Å². The highest BCUT2D eigenvalue weighted by Gasteiger charge is 2.57. The molecule has 0 bridgehead atoms. The summed E-state index contributed by atoms with van der Waals surface area (Å²) in [5.74, 6) is -0.955. The molecule has 0 aliphatic carbocycles. The third kappa shape index (κ3) is 3.86. The number of hydrogen-bond donors (Lipinski definition) is 0. The number of ether oxygens (including phenoxy) is 3. The summed E-state index contributed by atoms with van der Waals surface area (Å²) in [7, 11) is -0.492. The number of nitrogens with zero attached hydrogens (tertiary/aromatic N) is 1. The molecule has 2 aromatic rings. The van der Waals surface area contributed by atoms with E-state index in [1.807, 2.05) is 38.1 Å². The van der Waals surface area contributed by atoms with Crippen LogP contribution in [0.3, 0.4) is 0 Å². The van der Waals surface area contributed by atoms with Crippen molar-refractivity contribution in [2.45, 2.75) is 44.2 Å². The van der Waals surface area contributed by atoms with Gasteiger partial charge < -0.3 is 23.5 Å². The molecule has 8 heteroatoms. The monoisotopic (exact) mass is 397 g/mol. The SMILES string of the molecule is CC1(C)O[C@H]2O[C@@H]3COB(c4ccc(C=Nc5ccc(F)cc5)cc4)O[C@@H]3[C@H]2O1. The quantitative estimate of drug-likeness (QED) is 0.589. The lowest BCUT2D eigenvalue weighted by Crippen LogP contribution is -2.53. The molecule has 5 rings (SSSR count). The van der Waals surface area contributed by atoms with E-state index < -0.39 is 19.2 Å². The minimum absolute atomic E-state index is 0.195. The summed E-state index contributed by atoms with van der Waals surface area (Å²) in [4.78, 5) is 4.35. The molecule has 150 valence electrons. The minimum atomic E-state index is -0.678. The van der Waals surface area contributed by atoms with Gasteiger partial charge in [-0.15, -0.1) is 0 Å². The number of benzene rings is 2. The van der Waals surface area contributed by atoms with Gasteiger partial charge >= 0.3 is 7.12 Å². The van der Waals surface area contributed by atoms with Gasteiger partial charge in [-0.05, 0) is 49.1 Å². The topological polar surface area (TPSA) is 58.5 Å². The first-order chi connectivity index (χ1) is 14.0. The van der Waals surface area contributed by atoms with Crippen molar-refractivity contribution in [3.63, 3.8) is 0 Å². The first kappa shape index (κ1) is 18.9. The van der Waals surface area contributed by atoms with Crippen LogP contribution in [0.2, 0.25) is 0 Å². The normalized spacial score (nSPS) is 30.5. The average Bonchev–Trinajstić information content (AvgIpc) is 3.19. The molecule has 3 heterocycles. The number of rotatable bonds is 3. The van der Waals surface area contributed by atoms with Crippen LogP contribution in [0.1, 0.15) is 19.4 Å². The van der Waals surface area contributed by atoms with Crippen molar-refractivity contribution < 1.29 is 27.9 Å². The fourth-order valence-corrected chi connectivity index (χ4v) is 3.80. The van der Waals surface area contributed by atoms with Gasteiger partial charge in [0.05, 0.1) is 12.3 Å².